The molecule has 2 aromatic rings. The minimum Gasteiger partial charge on any atom is -0.324 e. The van der Waals surface area contributed by atoms with Crippen molar-refractivity contribution in [2.24, 2.45) is 0 Å². The number of urea groups is 1. The SMILES string of the molecule is O=C(Nc1nc(-c2ccc(C(F)(F)F)cc2)cs1)N1CCCCC1. The first-order valence-electron chi connectivity index (χ1n) is 7.62. The molecule has 0 bridgehead atoms. The number of hydrogen-bond acceptors (Lipinski definition) is 3. The van der Waals surface area contributed by atoms with Gasteiger partial charge >= 0.3 is 12.2 Å². The molecule has 2 heterocycles. The van der Waals surface area contributed by atoms with Crippen molar-refractivity contribution in [1.82, 2.24) is 9.88 Å². The number of aromatic nitrogens is 1. The Labute approximate surface area is 141 Å². The summed E-state index contributed by atoms with van der Waals surface area (Å²) in [7, 11) is 0. The van der Waals surface area contributed by atoms with Crippen molar-refractivity contribution >= 4 is 22.5 Å². The maximum atomic E-state index is 12.6. The van der Waals surface area contributed by atoms with E-state index in [1.165, 1.54) is 23.5 Å². The summed E-state index contributed by atoms with van der Waals surface area (Å²) in [6.45, 7) is 1.48. The molecule has 3 rings (SSSR count). The standard InChI is InChI=1S/C16H16F3N3OS/c17-16(18,19)12-6-4-11(5-7-12)13-10-24-14(20-13)21-15(23)22-8-2-1-3-9-22/h4-7,10H,1-3,8-9H2,(H,20,21,23). The van der Waals surface area contributed by atoms with Gasteiger partial charge in [-0.2, -0.15) is 13.2 Å². The van der Waals surface area contributed by atoms with Gasteiger partial charge in [0.2, 0.25) is 0 Å². The van der Waals surface area contributed by atoms with Crippen LogP contribution in [-0.4, -0.2) is 29.0 Å². The lowest BCUT2D eigenvalue weighted by Gasteiger charge is -2.26. The van der Waals surface area contributed by atoms with E-state index < -0.39 is 11.7 Å². The van der Waals surface area contributed by atoms with Crippen LogP contribution in [0, 0.1) is 0 Å². The van der Waals surface area contributed by atoms with E-state index in [9.17, 15) is 18.0 Å². The Morgan fingerprint density at radius 1 is 1.12 bits per heavy atom. The summed E-state index contributed by atoms with van der Waals surface area (Å²) in [5.74, 6) is 0. The number of carbonyl (C=O) groups is 1. The summed E-state index contributed by atoms with van der Waals surface area (Å²) in [5, 5.41) is 4.91. The average Bonchev–Trinajstić information content (AvgIpc) is 3.03. The lowest BCUT2D eigenvalue weighted by molar-refractivity contribution is -0.137. The monoisotopic (exact) mass is 355 g/mol. The first-order valence-corrected chi connectivity index (χ1v) is 8.50. The molecule has 4 nitrogen and oxygen atoms in total. The van der Waals surface area contributed by atoms with Crippen LogP contribution in [0.2, 0.25) is 0 Å². The van der Waals surface area contributed by atoms with E-state index in [-0.39, 0.29) is 6.03 Å². The number of amides is 2. The van der Waals surface area contributed by atoms with Crippen molar-refractivity contribution in [3.05, 3.63) is 35.2 Å². The lowest BCUT2D eigenvalue weighted by Crippen LogP contribution is -2.38. The summed E-state index contributed by atoms with van der Waals surface area (Å²) in [6, 6.07) is 4.65. The van der Waals surface area contributed by atoms with E-state index in [4.69, 9.17) is 0 Å². The molecule has 0 spiro atoms. The lowest BCUT2D eigenvalue weighted by atomic mass is 10.1. The zero-order valence-corrected chi connectivity index (χ0v) is 13.6. The van der Waals surface area contributed by atoms with E-state index in [1.54, 1.807) is 10.3 Å². The van der Waals surface area contributed by atoms with Crippen molar-refractivity contribution in [1.29, 1.82) is 0 Å². The first-order chi connectivity index (χ1) is 11.4. The Bertz CT molecular complexity index is 706. The summed E-state index contributed by atoms with van der Waals surface area (Å²) in [4.78, 5) is 18.2. The average molecular weight is 355 g/mol. The predicted molar refractivity (Wildman–Crippen MR) is 87.0 cm³/mol. The van der Waals surface area contributed by atoms with Crippen molar-refractivity contribution in [2.75, 3.05) is 18.4 Å². The molecule has 2 amide bonds. The van der Waals surface area contributed by atoms with E-state index >= 15 is 0 Å². The maximum absolute atomic E-state index is 12.6. The molecule has 0 unspecified atom stereocenters. The summed E-state index contributed by atoms with van der Waals surface area (Å²) >= 11 is 1.25. The summed E-state index contributed by atoms with van der Waals surface area (Å²) < 4.78 is 37.7. The fraction of sp³-hybridized carbons (Fsp3) is 0.375. The van der Waals surface area contributed by atoms with Crippen LogP contribution in [0.1, 0.15) is 24.8 Å². The topological polar surface area (TPSA) is 45.2 Å². The Morgan fingerprint density at radius 3 is 2.42 bits per heavy atom. The highest BCUT2D eigenvalue weighted by atomic mass is 32.1. The molecule has 0 aliphatic carbocycles. The van der Waals surface area contributed by atoms with Gasteiger partial charge in [0.15, 0.2) is 5.13 Å². The normalized spacial score (nSPS) is 15.4. The van der Waals surface area contributed by atoms with Crippen LogP contribution in [0.25, 0.3) is 11.3 Å². The van der Waals surface area contributed by atoms with Crippen molar-refractivity contribution in [2.45, 2.75) is 25.4 Å². The fourth-order valence-corrected chi connectivity index (χ4v) is 3.27. The number of carbonyl (C=O) groups excluding carboxylic acids is 1. The molecular formula is C16H16F3N3OS. The number of likely N-dealkylation sites (tertiary alicyclic amines) is 1. The van der Waals surface area contributed by atoms with Crippen molar-refractivity contribution in [3.8, 4) is 11.3 Å². The third kappa shape index (κ3) is 3.87. The highest BCUT2D eigenvalue weighted by molar-refractivity contribution is 7.14. The Morgan fingerprint density at radius 2 is 1.79 bits per heavy atom. The first kappa shape index (κ1) is 16.8. The summed E-state index contributed by atoms with van der Waals surface area (Å²) in [6.07, 6.45) is -1.21. The second-order valence-electron chi connectivity index (χ2n) is 5.59. The van der Waals surface area contributed by atoms with Gasteiger partial charge in [-0.05, 0) is 31.4 Å². The van der Waals surface area contributed by atoms with Gasteiger partial charge in [0.25, 0.3) is 0 Å². The second-order valence-corrected chi connectivity index (χ2v) is 6.45. The number of piperidine rings is 1. The van der Waals surface area contributed by atoms with Gasteiger partial charge in [-0.25, -0.2) is 9.78 Å². The molecule has 1 saturated heterocycles. The van der Waals surface area contributed by atoms with Gasteiger partial charge in [-0.15, -0.1) is 11.3 Å². The molecule has 1 fully saturated rings. The zero-order chi connectivity index (χ0) is 17.2. The number of halogens is 3. The van der Waals surface area contributed by atoms with Gasteiger partial charge < -0.3 is 4.90 Å². The molecule has 0 saturated carbocycles. The van der Waals surface area contributed by atoms with Gasteiger partial charge in [0.05, 0.1) is 11.3 Å². The van der Waals surface area contributed by atoms with E-state index in [1.807, 2.05) is 0 Å². The third-order valence-corrected chi connectivity index (χ3v) is 4.63. The van der Waals surface area contributed by atoms with Crippen LogP contribution in [0.15, 0.2) is 29.6 Å². The third-order valence-electron chi connectivity index (χ3n) is 3.87. The highest BCUT2D eigenvalue weighted by Gasteiger charge is 2.30. The summed E-state index contributed by atoms with van der Waals surface area (Å²) in [5.41, 5.74) is 0.431. The van der Waals surface area contributed by atoms with Crippen LogP contribution in [-0.2, 0) is 6.18 Å². The van der Waals surface area contributed by atoms with Crippen molar-refractivity contribution in [3.63, 3.8) is 0 Å². The predicted octanol–water partition coefficient (Wildman–Crippen LogP) is 4.85. The molecule has 1 aromatic carbocycles. The number of thiazole rings is 1. The fourth-order valence-electron chi connectivity index (χ4n) is 2.56. The quantitative estimate of drug-likeness (QED) is 0.837. The number of rotatable bonds is 2. The zero-order valence-electron chi connectivity index (χ0n) is 12.8. The molecule has 1 aromatic heterocycles. The van der Waals surface area contributed by atoms with Gasteiger partial charge in [-0.1, -0.05) is 12.1 Å². The number of nitrogens with one attached hydrogen (secondary N) is 1. The second kappa shape index (κ2) is 6.80. The van der Waals surface area contributed by atoms with E-state index in [0.29, 0.717) is 16.4 Å². The van der Waals surface area contributed by atoms with E-state index in [2.05, 4.69) is 10.3 Å². The molecule has 8 heteroatoms. The van der Waals surface area contributed by atoms with Crippen LogP contribution >= 0.6 is 11.3 Å². The molecule has 1 aliphatic rings. The molecule has 1 N–H and O–H groups in total. The smallest absolute Gasteiger partial charge is 0.324 e. The molecule has 0 atom stereocenters. The van der Waals surface area contributed by atoms with Crippen molar-refractivity contribution < 1.29 is 18.0 Å². The molecular weight excluding hydrogens is 339 g/mol. The van der Waals surface area contributed by atoms with Crippen LogP contribution in [0.3, 0.4) is 0 Å². The van der Waals surface area contributed by atoms with E-state index in [0.717, 1.165) is 44.5 Å². The van der Waals surface area contributed by atoms with Gasteiger partial charge in [-0.3, -0.25) is 5.32 Å². The molecule has 24 heavy (non-hydrogen) atoms. The number of alkyl halides is 3. The Hall–Kier alpha value is -2.09. The highest BCUT2D eigenvalue weighted by Crippen LogP contribution is 2.31. The van der Waals surface area contributed by atoms with Crippen LogP contribution in [0.5, 0.6) is 0 Å². The minimum atomic E-state index is -4.35. The van der Waals surface area contributed by atoms with Gasteiger partial charge in [0.1, 0.15) is 0 Å². The number of hydrogen-bond donors (Lipinski definition) is 1. The minimum absolute atomic E-state index is 0.178. The molecule has 128 valence electrons. The number of nitrogens with zero attached hydrogens (tertiary/aromatic N) is 2. The maximum Gasteiger partial charge on any atom is 0.416 e. The largest absolute Gasteiger partial charge is 0.416 e. The number of anilines is 1. The molecule has 0 radical (unpaired) electrons. The Kier molecular flexibility index (Phi) is 4.75. The van der Waals surface area contributed by atoms with Crippen LogP contribution in [0.4, 0.5) is 23.1 Å². The molecule has 1 aliphatic heterocycles. The Balaban J connectivity index is 1.67. The van der Waals surface area contributed by atoms with Crippen LogP contribution < -0.4 is 5.32 Å². The number of benzene rings is 1. The van der Waals surface area contributed by atoms with Gasteiger partial charge in [0, 0.05) is 24.0 Å².